The third kappa shape index (κ3) is 2.53. The number of hydrogen-bond donors (Lipinski definition) is 1. The van der Waals surface area contributed by atoms with E-state index in [-0.39, 0.29) is 11.5 Å². The molecule has 0 spiro atoms. The van der Waals surface area contributed by atoms with Gasteiger partial charge in [0, 0.05) is 5.56 Å². The number of carbonyl (C=O) groups is 1. The number of benzene rings is 1. The van der Waals surface area contributed by atoms with Gasteiger partial charge in [0.05, 0.1) is 5.57 Å². The third-order valence-corrected chi connectivity index (χ3v) is 2.71. The fourth-order valence-corrected chi connectivity index (χ4v) is 1.68. The van der Waals surface area contributed by atoms with Gasteiger partial charge in [0.2, 0.25) is 0 Å². The second kappa shape index (κ2) is 4.83. The smallest absolute Gasteiger partial charge is 0.196 e. The molecule has 0 fully saturated rings. The van der Waals surface area contributed by atoms with Gasteiger partial charge in [-0.15, -0.1) is 0 Å². The van der Waals surface area contributed by atoms with Crippen molar-refractivity contribution in [2.45, 2.75) is 13.3 Å². The first-order chi connectivity index (χ1) is 8.18. The molecule has 1 aromatic carbocycles. The number of rotatable bonds is 2. The normalized spacial score (nSPS) is 15.5. The molecule has 17 heavy (non-hydrogen) atoms. The first-order valence-electron chi connectivity index (χ1n) is 5.55. The second-order valence-corrected chi connectivity index (χ2v) is 4.08. The maximum atomic E-state index is 12.2. The van der Waals surface area contributed by atoms with E-state index in [1.165, 1.54) is 0 Å². The maximum absolute atomic E-state index is 12.2. The van der Waals surface area contributed by atoms with Gasteiger partial charge in [-0.05, 0) is 25.5 Å². The van der Waals surface area contributed by atoms with E-state index in [0.717, 1.165) is 5.57 Å². The quantitative estimate of drug-likeness (QED) is 0.782. The number of allylic oxidation sites excluding steroid dienone is 5. The first-order valence-corrected chi connectivity index (χ1v) is 5.55. The fourth-order valence-electron chi connectivity index (χ4n) is 1.68. The Hall–Kier alpha value is -2.09. The van der Waals surface area contributed by atoms with Crippen LogP contribution < -0.4 is 0 Å². The molecule has 1 aliphatic carbocycles. The number of carbonyl (C=O) groups excluding carboxylic acids is 1. The summed E-state index contributed by atoms with van der Waals surface area (Å²) in [5, 5.41) is 9.84. The minimum Gasteiger partial charge on any atom is -0.508 e. The molecule has 2 heteroatoms. The van der Waals surface area contributed by atoms with Gasteiger partial charge in [-0.1, -0.05) is 42.0 Å². The van der Waals surface area contributed by atoms with Crippen molar-refractivity contribution in [3.05, 3.63) is 71.0 Å². The Morgan fingerprint density at radius 3 is 2.59 bits per heavy atom. The number of aliphatic hydroxyl groups excluding tert-OH is 1. The van der Waals surface area contributed by atoms with Crippen molar-refractivity contribution < 1.29 is 9.90 Å². The minimum atomic E-state index is -0.148. The topological polar surface area (TPSA) is 37.3 Å². The van der Waals surface area contributed by atoms with E-state index in [2.05, 4.69) is 0 Å². The molecule has 0 aromatic heterocycles. The number of aliphatic hydroxyl groups is 1. The van der Waals surface area contributed by atoms with Gasteiger partial charge in [-0.2, -0.15) is 0 Å². The van der Waals surface area contributed by atoms with E-state index in [0.29, 0.717) is 17.6 Å². The average Bonchev–Trinajstić information content (AvgIpc) is 2.52. The molecule has 0 aliphatic heterocycles. The lowest BCUT2D eigenvalue weighted by atomic mass is 10.0. The second-order valence-electron chi connectivity index (χ2n) is 4.08. The fraction of sp³-hybridized carbons (Fsp3) is 0.133. The van der Waals surface area contributed by atoms with Gasteiger partial charge in [0.15, 0.2) is 5.78 Å². The van der Waals surface area contributed by atoms with Crippen LogP contribution in [0.1, 0.15) is 23.7 Å². The molecule has 1 N–H and O–H groups in total. The molecule has 2 rings (SSSR count). The summed E-state index contributed by atoms with van der Waals surface area (Å²) < 4.78 is 0. The third-order valence-electron chi connectivity index (χ3n) is 2.71. The van der Waals surface area contributed by atoms with Crippen LogP contribution in [-0.2, 0) is 0 Å². The highest BCUT2D eigenvalue weighted by atomic mass is 16.3. The lowest BCUT2D eigenvalue weighted by Gasteiger charge is -2.04. The van der Waals surface area contributed by atoms with Crippen molar-refractivity contribution in [1.29, 1.82) is 0 Å². The van der Waals surface area contributed by atoms with Crippen molar-refractivity contribution in [1.82, 2.24) is 0 Å². The van der Waals surface area contributed by atoms with E-state index in [1.807, 2.05) is 31.2 Å². The van der Waals surface area contributed by atoms with Crippen LogP contribution >= 0.6 is 0 Å². The molecule has 2 nitrogen and oxygen atoms in total. The summed E-state index contributed by atoms with van der Waals surface area (Å²) in [5.41, 5.74) is 2.06. The SMILES string of the molecule is CC1=CC=C(C(=O)c2ccccc2)C(O)=CC1. The largest absolute Gasteiger partial charge is 0.508 e. The highest BCUT2D eigenvalue weighted by Crippen LogP contribution is 2.20. The maximum Gasteiger partial charge on any atom is 0.196 e. The molecule has 0 bridgehead atoms. The van der Waals surface area contributed by atoms with Gasteiger partial charge in [0.25, 0.3) is 0 Å². The van der Waals surface area contributed by atoms with E-state index in [9.17, 15) is 9.90 Å². The molecule has 0 radical (unpaired) electrons. The molecule has 86 valence electrons. The zero-order valence-corrected chi connectivity index (χ0v) is 9.68. The zero-order chi connectivity index (χ0) is 12.3. The van der Waals surface area contributed by atoms with Crippen LogP contribution in [0.5, 0.6) is 0 Å². The molecule has 1 aliphatic rings. The Bertz CT molecular complexity index is 519. The molecule has 0 amide bonds. The number of hydrogen-bond acceptors (Lipinski definition) is 2. The van der Waals surface area contributed by atoms with Crippen molar-refractivity contribution >= 4 is 5.78 Å². The van der Waals surface area contributed by atoms with E-state index in [1.54, 1.807) is 24.3 Å². The molecule has 0 heterocycles. The lowest BCUT2D eigenvalue weighted by molar-refractivity contribution is 0.103. The van der Waals surface area contributed by atoms with Crippen LogP contribution in [0.2, 0.25) is 0 Å². The molecular formula is C15H14O2. The number of Topliss-reactive ketones (excluding diaryl/α,β-unsaturated/α-hetero) is 1. The highest BCUT2D eigenvalue weighted by molar-refractivity contribution is 6.11. The Morgan fingerprint density at radius 1 is 1.18 bits per heavy atom. The van der Waals surface area contributed by atoms with E-state index >= 15 is 0 Å². The molecule has 0 saturated carbocycles. The van der Waals surface area contributed by atoms with Crippen LogP contribution in [-0.4, -0.2) is 10.9 Å². The van der Waals surface area contributed by atoms with Gasteiger partial charge in [-0.25, -0.2) is 0 Å². The number of ketones is 1. The van der Waals surface area contributed by atoms with Crippen LogP contribution in [0.15, 0.2) is 65.5 Å². The Labute approximate surface area is 101 Å². The van der Waals surface area contributed by atoms with Gasteiger partial charge < -0.3 is 5.11 Å². The molecule has 0 atom stereocenters. The van der Waals surface area contributed by atoms with Gasteiger partial charge in [0.1, 0.15) is 5.76 Å². The van der Waals surface area contributed by atoms with Gasteiger partial charge >= 0.3 is 0 Å². The van der Waals surface area contributed by atoms with Crippen molar-refractivity contribution in [3.8, 4) is 0 Å². The molecular weight excluding hydrogens is 212 g/mol. The predicted octanol–water partition coefficient (Wildman–Crippen LogP) is 3.59. The molecule has 0 saturated heterocycles. The van der Waals surface area contributed by atoms with Crippen LogP contribution in [0.25, 0.3) is 0 Å². The summed E-state index contributed by atoms with van der Waals surface area (Å²) in [5.74, 6) is -0.0859. The first kappa shape index (κ1) is 11.4. The monoisotopic (exact) mass is 226 g/mol. The summed E-state index contributed by atoms with van der Waals surface area (Å²) >= 11 is 0. The minimum absolute atomic E-state index is 0.0620. The van der Waals surface area contributed by atoms with Crippen LogP contribution in [0.4, 0.5) is 0 Å². The molecule has 1 aromatic rings. The van der Waals surface area contributed by atoms with Crippen molar-refractivity contribution in [3.63, 3.8) is 0 Å². The Kier molecular flexibility index (Phi) is 3.24. The summed E-state index contributed by atoms with van der Waals surface area (Å²) in [6.45, 7) is 1.97. The van der Waals surface area contributed by atoms with E-state index in [4.69, 9.17) is 0 Å². The molecule has 0 unspecified atom stereocenters. The summed E-state index contributed by atoms with van der Waals surface area (Å²) in [4.78, 5) is 12.2. The Balaban J connectivity index is 2.37. The Morgan fingerprint density at radius 2 is 1.88 bits per heavy atom. The van der Waals surface area contributed by atoms with Crippen molar-refractivity contribution in [2.24, 2.45) is 0 Å². The van der Waals surface area contributed by atoms with Gasteiger partial charge in [-0.3, -0.25) is 4.79 Å². The zero-order valence-electron chi connectivity index (χ0n) is 9.68. The van der Waals surface area contributed by atoms with Crippen molar-refractivity contribution in [2.75, 3.05) is 0 Å². The highest BCUT2D eigenvalue weighted by Gasteiger charge is 2.16. The lowest BCUT2D eigenvalue weighted by Crippen LogP contribution is -2.05. The average molecular weight is 226 g/mol. The standard InChI is InChI=1S/C15H14O2/c1-11-7-9-13(14(16)10-8-11)15(17)12-5-3-2-4-6-12/h2-7,9-10,16H,8H2,1H3. The summed E-state index contributed by atoms with van der Waals surface area (Å²) in [7, 11) is 0. The summed E-state index contributed by atoms with van der Waals surface area (Å²) in [6.07, 6.45) is 5.90. The van der Waals surface area contributed by atoms with Crippen LogP contribution in [0, 0.1) is 0 Å². The summed E-state index contributed by atoms with van der Waals surface area (Å²) in [6, 6.07) is 8.98. The van der Waals surface area contributed by atoms with Crippen LogP contribution in [0.3, 0.4) is 0 Å². The van der Waals surface area contributed by atoms with E-state index < -0.39 is 0 Å². The predicted molar refractivity (Wildman–Crippen MR) is 67.9 cm³/mol.